The van der Waals surface area contributed by atoms with Crippen LogP contribution in [-0.2, 0) is 25.7 Å². The first-order valence-electron chi connectivity index (χ1n) is 11.0. The number of unbranched alkanes of at least 4 members (excludes halogenated alkanes) is 1. The maximum Gasteiger partial charge on any atom is 0.305 e. The largest absolute Gasteiger partial charge is 0.464 e. The highest BCUT2D eigenvalue weighted by Crippen LogP contribution is 2.15. The zero-order chi connectivity index (χ0) is 23.8. The molecule has 0 saturated carbocycles. The number of nitrogens with zero attached hydrogens (tertiary/aromatic N) is 1. The fraction of sp³-hybridized carbons (Fsp3) is 0.480. The summed E-state index contributed by atoms with van der Waals surface area (Å²) in [5, 5.41) is 12.2. The van der Waals surface area contributed by atoms with Crippen LogP contribution in [0.15, 0.2) is 55.6 Å². The molecular weight excluding hydrogens is 408 g/mol. The first-order valence-corrected chi connectivity index (χ1v) is 11.0. The van der Waals surface area contributed by atoms with Gasteiger partial charge < -0.3 is 20.1 Å². The van der Waals surface area contributed by atoms with Crippen molar-refractivity contribution in [3.05, 3.63) is 61.2 Å². The maximum atomic E-state index is 12.9. The zero-order valence-corrected chi connectivity index (χ0v) is 19.0. The molecule has 2 N–H and O–H groups in total. The number of aliphatic hydroxyl groups is 1. The van der Waals surface area contributed by atoms with Gasteiger partial charge in [-0.15, -0.1) is 13.2 Å². The molecule has 0 aliphatic rings. The normalized spacial score (nSPS) is 12.3. The van der Waals surface area contributed by atoms with Crippen molar-refractivity contribution in [2.75, 3.05) is 19.8 Å². The minimum absolute atomic E-state index is 0.00124. The Hall–Kier alpha value is -2.93. The second-order valence-corrected chi connectivity index (χ2v) is 7.72. The van der Waals surface area contributed by atoms with Gasteiger partial charge in [0.05, 0.1) is 18.6 Å². The van der Waals surface area contributed by atoms with Gasteiger partial charge in [-0.05, 0) is 31.7 Å². The summed E-state index contributed by atoms with van der Waals surface area (Å²) >= 11 is 0. The molecule has 2 unspecified atom stereocenters. The Kier molecular flexibility index (Phi) is 13.4. The second-order valence-electron chi connectivity index (χ2n) is 7.72. The van der Waals surface area contributed by atoms with Gasteiger partial charge in [-0.25, -0.2) is 0 Å². The summed E-state index contributed by atoms with van der Waals surface area (Å²) in [6.45, 7) is 9.51. The molecule has 1 aromatic carbocycles. The Morgan fingerprint density at radius 3 is 2.53 bits per heavy atom. The third-order valence-corrected chi connectivity index (χ3v) is 4.85. The molecule has 0 aromatic heterocycles. The molecule has 1 rings (SSSR count). The molecule has 176 valence electrons. The van der Waals surface area contributed by atoms with E-state index in [1.165, 1.54) is 0 Å². The minimum atomic E-state index is -0.595. The van der Waals surface area contributed by atoms with Crippen LogP contribution in [-0.4, -0.2) is 53.6 Å². The van der Waals surface area contributed by atoms with E-state index >= 15 is 0 Å². The lowest BCUT2D eigenvalue weighted by atomic mass is 9.98. The Labute approximate surface area is 191 Å². The molecule has 0 heterocycles. The van der Waals surface area contributed by atoms with Gasteiger partial charge in [-0.3, -0.25) is 14.4 Å². The van der Waals surface area contributed by atoms with Crippen LogP contribution < -0.4 is 5.32 Å². The minimum Gasteiger partial charge on any atom is -0.464 e. The average Bonchev–Trinajstić information content (AvgIpc) is 2.78. The van der Waals surface area contributed by atoms with Gasteiger partial charge in [0, 0.05) is 25.9 Å². The fourth-order valence-corrected chi connectivity index (χ4v) is 3.12. The maximum absolute atomic E-state index is 12.9. The van der Waals surface area contributed by atoms with Crippen LogP contribution in [0.2, 0.25) is 0 Å². The molecule has 0 aliphatic carbocycles. The molecular formula is C25H36N2O5. The lowest BCUT2D eigenvalue weighted by Gasteiger charge is -2.25. The standard InChI is InChI=1S/C25H36N2O5/c1-4-6-8-14-24(30)32-19-20(3)26-25(31)22(11-5-2)17-23(29)27(15-16-28)18-21-12-9-7-10-13-21/h4-5,7,9-10,12-13,20,22,28H,1-2,6,8,11,14-19H2,3H3,(H,26,31). The Bertz CT molecular complexity index is 735. The summed E-state index contributed by atoms with van der Waals surface area (Å²) in [6.07, 6.45) is 5.43. The number of hydrogen-bond donors (Lipinski definition) is 2. The third-order valence-electron chi connectivity index (χ3n) is 4.85. The number of amides is 2. The molecule has 2 atom stereocenters. The number of aliphatic hydroxyl groups excluding tert-OH is 1. The number of hydrogen-bond acceptors (Lipinski definition) is 5. The summed E-state index contributed by atoms with van der Waals surface area (Å²) in [6, 6.07) is 9.10. The summed E-state index contributed by atoms with van der Waals surface area (Å²) in [4.78, 5) is 38.9. The molecule has 7 heteroatoms. The lowest BCUT2D eigenvalue weighted by molar-refractivity contribution is -0.145. The lowest BCUT2D eigenvalue weighted by Crippen LogP contribution is -2.42. The molecule has 0 saturated heterocycles. The van der Waals surface area contributed by atoms with Crippen LogP contribution in [0.4, 0.5) is 0 Å². The number of esters is 1. The summed E-state index contributed by atoms with van der Waals surface area (Å²) in [5.41, 5.74) is 0.947. The predicted octanol–water partition coefficient (Wildman–Crippen LogP) is 2.99. The number of allylic oxidation sites excluding steroid dienone is 2. The zero-order valence-electron chi connectivity index (χ0n) is 19.0. The van der Waals surface area contributed by atoms with E-state index in [4.69, 9.17) is 4.74 Å². The van der Waals surface area contributed by atoms with E-state index in [0.717, 1.165) is 12.0 Å². The van der Waals surface area contributed by atoms with Gasteiger partial charge in [0.15, 0.2) is 0 Å². The van der Waals surface area contributed by atoms with Crippen molar-refractivity contribution in [3.8, 4) is 0 Å². The van der Waals surface area contributed by atoms with Crippen molar-refractivity contribution in [2.24, 2.45) is 5.92 Å². The highest BCUT2D eigenvalue weighted by atomic mass is 16.5. The number of ether oxygens (including phenoxy) is 1. The molecule has 0 spiro atoms. The van der Waals surface area contributed by atoms with Gasteiger partial charge >= 0.3 is 5.97 Å². The highest BCUT2D eigenvalue weighted by molar-refractivity contribution is 5.86. The molecule has 1 aromatic rings. The number of carbonyl (C=O) groups excluding carboxylic acids is 3. The van der Waals surface area contributed by atoms with Crippen LogP contribution in [0, 0.1) is 5.92 Å². The third kappa shape index (κ3) is 10.9. The van der Waals surface area contributed by atoms with E-state index in [0.29, 0.717) is 25.8 Å². The first kappa shape index (κ1) is 27.1. The van der Waals surface area contributed by atoms with Crippen molar-refractivity contribution in [3.63, 3.8) is 0 Å². The monoisotopic (exact) mass is 444 g/mol. The molecule has 0 aliphatic heterocycles. The van der Waals surface area contributed by atoms with Crippen molar-refractivity contribution in [1.82, 2.24) is 10.2 Å². The molecule has 7 nitrogen and oxygen atoms in total. The Balaban J connectivity index is 2.62. The van der Waals surface area contributed by atoms with Crippen molar-refractivity contribution >= 4 is 17.8 Å². The van der Waals surface area contributed by atoms with Gasteiger partial charge in [0.2, 0.25) is 11.8 Å². The average molecular weight is 445 g/mol. The van der Waals surface area contributed by atoms with Gasteiger partial charge in [0.1, 0.15) is 6.61 Å². The fourth-order valence-electron chi connectivity index (χ4n) is 3.12. The topological polar surface area (TPSA) is 95.9 Å². The van der Waals surface area contributed by atoms with Gasteiger partial charge in [0.25, 0.3) is 0 Å². The molecule has 0 radical (unpaired) electrons. The quantitative estimate of drug-likeness (QED) is 0.232. The van der Waals surface area contributed by atoms with E-state index in [1.807, 2.05) is 30.3 Å². The second kappa shape index (κ2) is 15.8. The Morgan fingerprint density at radius 2 is 1.91 bits per heavy atom. The van der Waals surface area contributed by atoms with Crippen molar-refractivity contribution in [2.45, 2.75) is 51.6 Å². The van der Waals surface area contributed by atoms with E-state index in [2.05, 4.69) is 18.5 Å². The Morgan fingerprint density at radius 1 is 1.19 bits per heavy atom. The van der Waals surface area contributed by atoms with Crippen LogP contribution in [0.3, 0.4) is 0 Å². The number of benzene rings is 1. The number of nitrogens with one attached hydrogen (secondary N) is 1. The van der Waals surface area contributed by atoms with Crippen LogP contribution in [0.25, 0.3) is 0 Å². The van der Waals surface area contributed by atoms with E-state index < -0.39 is 5.92 Å². The highest BCUT2D eigenvalue weighted by Gasteiger charge is 2.25. The van der Waals surface area contributed by atoms with E-state index in [1.54, 1.807) is 24.0 Å². The molecule has 0 bridgehead atoms. The SMILES string of the molecule is C=CCCCC(=O)OCC(C)NC(=O)C(CC=C)CC(=O)N(CCO)Cc1ccccc1. The van der Waals surface area contributed by atoms with Crippen LogP contribution in [0.5, 0.6) is 0 Å². The van der Waals surface area contributed by atoms with E-state index in [9.17, 15) is 19.5 Å². The first-order chi connectivity index (χ1) is 15.4. The number of rotatable bonds is 16. The van der Waals surface area contributed by atoms with Crippen LogP contribution >= 0.6 is 0 Å². The van der Waals surface area contributed by atoms with Crippen LogP contribution in [0.1, 0.15) is 44.6 Å². The van der Waals surface area contributed by atoms with E-state index in [-0.39, 0.29) is 50.0 Å². The summed E-state index contributed by atoms with van der Waals surface area (Å²) < 4.78 is 5.20. The molecule has 2 amide bonds. The van der Waals surface area contributed by atoms with Gasteiger partial charge in [-0.1, -0.05) is 42.5 Å². The number of carbonyl (C=O) groups is 3. The summed E-state index contributed by atoms with van der Waals surface area (Å²) in [7, 11) is 0. The molecule has 32 heavy (non-hydrogen) atoms. The predicted molar refractivity (Wildman–Crippen MR) is 124 cm³/mol. The molecule has 0 fully saturated rings. The van der Waals surface area contributed by atoms with Crippen molar-refractivity contribution < 1.29 is 24.2 Å². The summed E-state index contributed by atoms with van der Waals surface area (Å²) in [5.74, 6) is -1.42. The van der Waals surface area contributed by atoms with Gasteiger partial charge in [-0.2, -0.15) is 0 Å². The van der Waals surface area contributed by atoms with Crippen molar-refractivity contribution in [1.29, 1.82) is 0 Å². The smallest absolute Gasteiger partial charge is 0.305 e.